The summed E-state index contributed by atoms with van der Waals surface area (Å²) >= 11 is 0. The van der Waals surface area contributed by atoms with E-state index in [1.807, 2.05) is 23.7 Å². The average molecular weight is 393 g/mol. The van der Waals surface area contributed by atoms with E-state index in [0.717, 1.165) is 16.5 Å². The summed E-state index contributed by atoms with van der Waals surface area (Å²) in [7, 11) is 1.87. The summed E-state index contributed by atoms with van der Waals surface area (Å²) in [5, 5.41) is 8.16. The SMILES string of the molecule is CCOC(=O)Oc1ccc2c(c1)c(C(=O)CCc1ccc(C(=N)N)cc1)cn2C. The summed E-state index contributed by atoms with van der Waals surface area (Å²) in [6.07, 6.45) is 1.93. The quantitative estimate of drug-likeness (QED) is 0.209. The van der Waals surface area contributed by atoms with Crippen molar-refractivity contribution >= 4 is 28.7 Å². The Balaban J connectivity index is 1.77. The normalized spacial score (nSPS) is 10.7. The molecule has 0 fully saturated rings. The number of aromatic nitrogens is 1. The lowest BCUT2D eigenvalue weighted by molar-refractivity contribution is 0.0983. The van der Waals surface area contributed by atoms with E-state index in [2.05, 4.69) is 0 Å². The van der Waals surface area contributed by atoms with Gasteiger partial charge >= 0.3 is 6.16 Å². The fraction of sp³-hybridized carbons (Fsp3) is 0.227. The van der Waals surface area contributed by atoms with Gasteiger partial charge in [-0.05, 0) is 37.1 Å². The number of nitrogen functional groups attached to an aromatic ring is 1. The molecule has 0 aliphatic carbocycles. The second-order valence-corrected chi connectivity index (χ2v) is 6.65. The van der Waals surface area contributed by atoms with Gasteiger partial charge < -0.3 is 19.8 Å². The number of ether oxygens (including phenoxy) is 2. The predicted octanol–water partition coefficient (Wildman–Crippen LogP) is 3.81. The number of amidine groups is 1. The summed E-state index contributed by atoms with van der Waals surface area (Å²) in [6.45, 7) is 1.93. The number of nitrogens with two attached hydrogens (primary N) is 1. The van der Waals surface area contributed by atoms with E-state index in [1.165, 1.54) is 0 Å². The summed E-state index contributed by atoms with van der Waals surface area (Å²) in [5.74, 6) is 0.347. The number of hydrogen-bond acceptors (Lipinski definition) is 5. The number of hydrogen-bond donors (Lipinski definition) is 2. The maximum Gasteiger partial charge on any atom is 0.513 e. The molecule has 0 bridgehead atoms. The van der Waals surface area contributed by atoms with Crippen LogP contribution in [0.5, 0.6) is 5.75 Å². The minimum Gasteiger partial charge on any atom is -0.434 e. The third-order valence-electron chi connectivity index (χ3n) is 4.63. The van der Waals surface area contributed by atoms with Gasteiger partial charge in [0.1, 0.15) is 11.6 Å². The molecular weight excluding hydrogens is 370 g/mol. The first-order valence-electron chi connectivity index (χ1n) is 9.29. The van der Waals surface area contributed by atoms with Crippen molar-refractivity contribution in [1.82, 2.24) is 4.57 Å². The molecule has 3 N–H and O–H groups in total. The Hall–Kier alpha value is -3.61. The van der Waals surface area contributed by atoms with Crippen LogP contribution in [0.4, 0.5) is 4.79 Å². The first-order valence-corrected chi connectivity index (χ1v) is 9.29. The standard InChI is InChI=1S/C22H23N3O4/c1-3-28-22(27)29-16-9-10-19-17(12-16)18(13-25(19)2)20(26)11-6-14-4-7-15(8-5-14)21(23)24/h4-5,7-10,12-13H,3,6,11H2,1-2H3,(H3,23,24). The highest BCUT2D eigenvalue weighted by Gasteiger charge is 2.16. The number of aryl methyl sites for hydroxylation is 2. The molecule has 3 rings (SSSR count). The molecular formula is C22H23N3O4. The zero-order chi connectivity index (χ0) is 21.0. The highest BCUT2D eigenvalue weighted by atomic mass is 16.7. The van der Waals surface area contributed by atoms with E-state index < -0.39 is 6.16 Å². The summed E-state index contributed by atoms with van der Waals surface area (Å²) in [6, 6.07) is 12.5. The van der Waals surface area contributed by atoms with Crippen LogP contribution in [0.3, 0.4) is 0 Å². The number of ketones is 1. The number of rotatable bonds is 7. The molecule has 0 amide bonds. The molecule has 0 unspecified atom stereocenters. The van der Waals surface area contributed by atoms with Gasteiger partial charge in [-0.15, -0.1) is 0 Å². The number of nitrogens with zero attached hydrogens (tertiary/aromatic N) is 1. The zero-order valence-corrected chi connectivity index (χ0v) is 16.4. The minimum atomic E-state index is -0.773. The van der Waals surface area contributed by atoms with Gasteiger partial charge in [-0.25, -0.2) is 4.79 Å². The smallest absolute Gasteiger partial charge is 0.434 e. The summed E-state index contributed by atoms with van der Waals surface area (Å²) in [5.41, 5.74) is 8.57. The van der Waals surface area contributed by atoms with Crippen molar-refractivity contribution in [3.8, 4) is 5.75 Å². The van der Waals surface area contributed by atoms with Crippen molar-refractivity contribution in [2.75, 3.05) is 6.61 Å². The third kappa shape index (κ3) is 4.63. The molecule has 0 spiro atoms. The van der Waals surface area contributed by atoms with Crippen molar-refractivity contribution in [1.29, 1.82) is 5.41 Å². The average Bonchev–Trinajstić information content (AvgIpc) is 3.02. The number of benzene rings is 2. The van der Waals surface area contributed by atoms with E-state index in [1.54, 1.807) is 43.5 Å². The van der Waals surface area contributed by atoms with Crippen LogP contribution >= 0.6 is 0 Å². The van der Waals surface area contributed by atoms with Crippen molar-refractivity contribution in [2.24, 2.45) is 12.8 Å². The van der Waals surface area contributed by atoms with Crippen LogP contribution in [0.25, 0.3) is 10.9 Å². The predicted molar refractivity (Wildman–Crippen MR) is 111 cm³/mol. The first-order chi connectivity index (χ1) is 13.9. The van der Waals surface area contributed by atoms with Crippen molar-refractivity contribution in [3.05, 3.63) is 65.4 Å². The molecule has 29 heavy (non-hydrogen) atoms. The van der Waals surface area contributed by atoms with Gasteiger partial charge in [0.25, 0.3) is 0 Å². The zero-order valence-electron chi connectivity index (χ0n) is 16.4. The fourth-order valence-corrected chi connectivity index (χ4v) is 3.14. The number of nitrogens with one attached hydrogen (secondary N) is 1. The lowest BCUT2D eigenvalue weighted by Gasteiger charge is -2.05. The van der Waals surface area contributed by atoms with Gasteiger partial charge in [0.2, 0.25) is 0 Å². The molecule has 1 heterocycles. The molecule has 7 nitrogen and oxygen atoms in total. The summed E-state index contributed by atoms with van der Waals surface area (Å²) < 4.78 is 11.8. The Labute approximate surface area is 168 Å². The molecule has 150 valence electrons. The molecule has 1 aromatic heterocycles. The third-order valence-corrected chi connectivity index (χ3v) is 4.63. The maximum atomic E-state index is 12.9. The topological polar surface area (TPSA) is 107 Å². The van der Waals surface area contributed by atoms with Gasteiger partial charge in [-0.1, -0.05) is 24.3 Å². The minimum absolute atomic E-state index is 0.000436. The Morgan fingerprint density at radius 3 is 2.52 bits per heavy atom. The monoisotopic (exact) mass is 393 g/mol. The van der Waals surface area contributed by atoms with Crippen molar-refractivity contribution in [3.63, 3.8) is 0 Å². The van der Waals surface area contributed by atoms with Gasteiger partial charge in [0.15, 0.2) is 5.78 Å². The fourth-order valence-electron chi connectivity index (χ4n) is 3.14. The molecule has 0 aliphatic heterocycles. The van der Waals surface area contributed by atoms with Crippen LogP contribution in [-0.2, 0) is 18.2 Å². The number of Topliss-reactive ketones (excluding diaryl/α,β-unsaturated/α-hetero) is 1. The largest absolute Gasteiger partial charge is 0.513 e. The Morgan fingerprint density at radius 2 is 1.86 bits per heavy atom. The Bertz CT molecular complexity index is 1070. The number of fused-ring (bicyclic) bond motifs is 1. The molecule has 0 saturated carbocycles. The first kappa shape index (κ1) is 20.1. The second kappa shape index (κ2) is 8.60. The van der Waals surface area contributed by atoms with E-state index in [9.17, 15) is 9.59 Å². The van der Waals surface area contributed by atoms with Gasteiger partial charge in [-0.3, -0.25) is 10.2 Å². The van der Waals surface area contributed by atoms with Crippen molar-refractivity contribution in [2.45, 2.75) is 19.8 Å². The van der Waals surface area contributed by atoms with E-state index in [4.69, 9.17) is 20.6 Å². The molecule has 7 heteroatoms. The van der Waals surface area contributed by atoms with E-state index >= 15 is 0 Å². The van der Waals surface area contributed by atoms with Crippen molar-refractivity contribution < 1.29 is 19.1 Å². The van der Waals surface area contributed by atoms with Crippen LogP contribution in [-0.4, -0.2) is 28.9 Å². The number of carbonyl (C=O) groups is 2. The van der Waals surface area contributed by atoms with E-state index in [-0.39, 0.29) is 18.2 Å². The van der Waals surface area contributed by atoms with E-state index in [0.29, 0.717) is 29.7 Å². The Morgan fingerprint density at radius 1 is 1.14 bits per heavy atom. The van der Waals surface area contributed by atoms with Crippen LogP contribution in [0.15, 0.2) is 48.7 Å². The molecule has 3 aromatic rings. The van der Waals surface area contributed by atoms with Gasteiger partial charge in [0, 0.05) is 41.7 Å². The molecule has 0 radical (unpaired) electrons. The van der Waals surface area contributed by atoms with Crippen LogP contribution in [0, 0.1) is 5.41 Å². The molecule has 0 atom stereocenters. The lowest BCUT2D eigenvalue weighted by Crippen LogP contribution is -2.10. The van der Waals surface area contributed by atoms with Crippen LogP contribution in [0.2, 0.25) is 0 Å². The Kier molecular flexibility index (Phi) is 5.97. The maximum absolute atomic E-state index is 12.9. The lowest BCUT2D eigenvalue weighted by atomic mass is 10.0. The highest BCUT2D eigenvalue weighted by Crippen LogP contribution is 2.27. The molecule has 0 aliphatic rings. The molecule has 2 aromatic carbocycles. The van der Waals surface area contributed by atoms with Gasteiger partial charge in [-0.2, -0.15) is 0 Å². The number of carbonyl (C=O) groups excluding carboxylic acids is 2. The second-order valence-electron chi connectivity index (χ2n) is 6.65. The van der Waals surface area contributed by atoms with Crippen LogP contribution < -0.4 is 10.5 Å². The molecule has 0 saturated heterocycles. The summed E-state index contributed by atoms with van der Waals surface area (Å²) in [4.78, 5) is 24.4. The highest BCUT2D eigenvalue weighted by molar-refractivity contribution is 6.08. The van der Waals surface area contributed by atoms with Crippen LogP contribution in [0.1, 0.15) is 34.8 Å². The van der Waals surface area contributed by atoms with Gasteiger partial charge in [0.05, 0.1) is 6.61 Å².